The van der Waals surface area contributed by atoms with Crippen LogP contribution in [0.3, 0.4) is 0 Å². The molecule has 0 amide bonds. The molecule has 2 unspecified atom stereocenters. The molecule has 2 aliphatic heterocycles. The summed E-state index contributed by atoms with van der Waals surface area (Å²) in [7, 11) is 2.24. The minimum atomic E-state index is 0.583. The lowest BCUT2D eigenvalue weighted by atomic mass is 9.98. The van der Waals surface area contributed by atoms with E-state index in [0.29, 0.717) is 12.0 Å². The van der Waals surface area contributed by atoms with Crippen molar-refractivity contribution in [3.05, 3.63) is 24.2 Å². The lowest BCUT2D eigenvalue weighted by molar-refractivity contribution is 0.194. The van der Waals surface area contributed by atoms with Crippen LogP contribution >= 0.6 is 0 Å². The van der Waals surface area contributed by atoms with Crippen LogP contribution < -0.4 is 5.32 Å². The molecule has 2 fully saturated rings. The van der Waals surface area contributed by atoms with Crippen LogP contribution in [0.25, 0.3) is 11.2 Å². The van der Waals surface area contributed by atoms with Gasteiger partial charge in [0.15, 0.2) is 5.65 Å². The van der Waals surface area contributed by atoms with Gasteiger partial charge in [0.2, 0.25) is 0 Å². The van der Waals surface area contributed by atoms with Gasteiger partial charge in [-0.3, -0.25) is 0 Å². The largest absolute Gasteiger partial charge is 0.314 e. The Morgan fingerprint density at radius 1 is 1.30 bits per heavy atom. The standard InChI is InChI=1S/C18H27N5/c1-22-10-4-5-14(12-22)13-23-17(11-15-6-2-8-19-15)21-16-7-3-9-20-18(16)23/h3,7,9,14-15,19H,2,4-6,8,10-13H2,1H3. The predicted octanol–water partition coefficient (Wildman–Crippen LogP) is 2.07. The van der Waals surface area contributed by atoms with E-state index in [0.717, 1.165) is 30.7 Å². The lowest BCUT2D eigenvalue weighted by Crippen LogP contribution is -2.34. The number of imidazole rings is 1. The van der Waals surface area contributed by atoms with Crippen LogP contribution in [-0.2, 0) is 13.0 Å². The molecule has 124 valence electrons. The van der Waals surface area contributed by atoms with Crippen LogP contribution in [0.1, 0.15) is 31.5 Å². The fourth-order valence-corrected chi connectivity index (χ4v) is 4.18. The van der Waals surface area contributed by atoms with Crippen molar-refractivity contribution in [3.63, 3.8) is 0 Å². The Morgan fingerprint density at radius 3 is 3.09 bits per heavy atom. The van der Waals surface area contributed by atoms with Gasteiger partial charge in [-0.1, -0.05) is 0 Å². The Labute approximate surface area is 138 Å². The highest BCUT2D eigenvalue weighted by atomic mass is 15.2. The molecule has 5 heteroatoms. The van der Waals surface area contributed by atoms with Gasteiger partial charge in [-0.2, -0.15) is 0 Å². The molecule has 23 heavy (non-hydrogen) atoms. The Hall–Kier alpha value is -1.46. The number of fused-ring (bicyclic) bond motifs is 1. The van der Waals surface area contributed by atoms with E-state index >= 15 is 0 Å². The zero-order chi connectivity index (χ0) is 15.6. The maximum absolute atomic E-state index is 4.91. The second-order valence-corrected chi connectivity index (χ2v) is 7.25. The van der Waals surface area contributed by atoms with E-state index in [1.54, 1.807) is 0 Å². The summed E-state index contributed by atoms with van der Waals surface area (Å²) < 4.78 is 2.40. The van der Waals surface area contributed by atoms with Gasteiger partial charge in [0.25, 0.3) is 0 Å². The minimum Gasteiger partial charge on any atom is -0.314 e. The summed E-state index contributed by atoms with van der Waals surface area (Å²) in [6, 6.07) is 4.67. The molecule has 4 rings (SSSR count). The second kappa shape index (κ2) is 6.57. The monoisotopic (exact) mass is 313 g/mol. The molecule has 0 saturated carbocycles. The molecule has 0 radical (unpaired) electrons. The number of pyridine rings is 1. The van der Waals surface area contributed by atoms with Crippen molar-refractivity contribution in [2.24, 2.45) is 5.92 Å². The van der Waals surface area contributed by atoms with Gasteiger partial charge in [-0.05, 0) is 63.9 Å². The summed E-state index contributed by atoms with van der Waals surface area (Å²) in [5, 5.41) is 3.61. The highest BCUT2D eigenvalue weighted by Gasteiger charge is 2.23. The Kier molecular flexibility index (Phi) is 4.31. The fraction of sp³-hybridized carbons (Fsp3) is 0.667. The van der Waals surface area contributed by atoms with Crippen molar-refractivity contribution in [3.8, 4) is 0 Å². The van der Waals surface area contributed by atoms with E-state index in [2.05, 4.69) is 32.9 Å². The van der Waals surface area contributed by atoms with Gasteiger partial charge in [0, 0.05) is 31.7 Å². The molecule has 0 bridgehead atoms. The maximum atomic E-state index is 4.91. The third kappa shape index (κ3) is 3.26. The Balaban J connectivity index is 1.61. The first-order valence-corrected chi connectivity index (χ1v) is 9.01. The van der Waals surface area contributed by atoms with Gasteiger partial charge in [0.05, 0.1) is 0 Å². The molecule has 0 aromatic carbocycles. The van der Waals surface area contributed by atoms with Crippen LogP contribution in [-0.4, -0.2) is 52.2 Å². The van der Waals surface area contributed by atoms with Crippen molar-refractivity contribution in [2.45, 2.75) is 44.7 Å². The van der Waals surface area contributed by atoms with E-state index in [4.69, 9.17) is 4.98 Å². The summed E-state index contributed by atoms with van der Waals surface area (Å²) in [6.07, 6.45) is 8.10. The number of piperidine rings is 1. The highest BCUT2D eigenvalue weighted by molar-refractivity contribution is 5.71. The normalized spacial score (nSPS) is 26.1. The SMILES string of the molecule is CN1CCCC(Cn2c(CC3CCCN3)nc3cccnc32)C1. The van der Waals surface area contributed by atoms with Crippen molar-refractivity contribution >= 4 is 11.2 Å². The number of hydrogen-bond acceptors (Lipinski definition) is 4. The van der Waals surface area contributed by atoms with Gasteiger partial charge in [0.1, 0.15) is 11.3 Å². The van der Waals surface area contributed by atoms with Crippen LogP contribution in [0.5, 0.6) is 0 Å². The quantitative estimate of drug-likeness (QED) is 0.938. The molecular weight excluding hydrogens is 286 g/mol. The van der Waals surface area contributed by atoms with Crippen LogP contribution in [0.15, 0.2) is 18.3 Å². The Bertz CT molecular complexity index is 658. The summed E-state index contributed by atoms with van der Waals surface area (Å²) in [5.41, 5.74) is 2.11. The molecule has 2 aromatic heterocycles. The molecule has 4 heterocycles. The zero-order valence-corrected chi connectivity index (χ0v) is 14.0. The van der Waals surface area contributed by atoms with Crippen molar-refractivity contribution < 1.29 is 0 Å². The van der Waals surface area contributed by atoms with Crippen molar-refractivity contribution in [1.82, 2.24) is 24.8 Å². The topological polar surface area (TPSA) is 46.0 Å². The van der Waals surface area contributed by atoms with Gasteiger partial charge in [-0.25, -0.2) is 9.97 Å². The smallest absolute Gasteiger partial charge is 0.159 e. The fourth-order valence-electron chi connectivity index (χ4n) is 4.18. The number of nitrogens with one attached hydrogen (secondary N) is 1. The third-order valence-corrected chi connectivity index (χ3v) is 5.34. The van der Waals surface area contributed by atoms with E-state index in [1.807, 2.05) is 12.3 Å². The number of hydrogen-bond donors (Lipinski definition) is 1. The maximum Gasteiger partial charge on any atom is 0.159 e. The molecule has 2 atom stereocenters. The molecule has 2 saturated heterocycles. The van der Waals surface area contributed by atoms with E-state index in [-0.39, 0.29) is 0 Å². The summed E-state index contributed by atoms with van der Waals surface area (Å²) in [5.74, 6) is 1.93. The first-order chi connectivity index (χ1) is 11.3. The average Bonchev–Trinajstić information content (AvgIpc) is 3.17. The molecule has 5 nitrogen and oxygen atoms in total. The summed E-state index contributed by atoms with van der Waals surface area (Å²) in [4.78, 5) is 12.0. The number of likely N-dealkylation sites (tertiary alicyclic amines) is 1. The molecule has 2 aromatic rings. The van der Waals surface area contributed by atoms with Gasteiger partial charge < -0.3 is 14.8 Å². The molecule has 0 spiro atoms. The zero-order valence-electron chi connectivity index (χ0n) is 14.0. The van der Waals surface area contributed by atoms with E-state index < -0.39 is 0 Å². The number of aromatic nitrogens is 3. The van der Waals surface area contributed by atoms with Crippen molar-refractivity contribution in [2.75, 3.05) is 26.7 Å². The number of nitrogens with zero attached hydrogens (tertiary/aromatic N) is 4. The van der Waals surface area contributed by atoms with Gasteiger partial charge >= 0.3 is 0 Å². The van der Waals surface area contributed by atoms with Gasteiger partial charge in [-0.15, -0.1) is 0 Å². The number of rotatable bonds is 4. The molecular formula is C18H27N5. The third-order valence-electron chi connectivity index (χ3n) is 5.34. The average molecular weight is 313 g/mol. The lowest BCUT2D eigenvalue weighted by Gasteiger charge is -2.30. The first-order valence-electron chi connectivity index (χ1n) is 9.01. The van der Waals surface area contributed by atoms with E-state index in [1.165, 1.54) is 44.6 Å². The van der Waals surface area contributed by atoms with Crippen LogP contribution in [0.4, 0.5) is 0 Å². The van der Waals surface area contributed by atoms with Crippen molar-refractivity contribution in [1.29, 1.82) is 0 Å². The van der Waals surface area contributed by atoms with E-state index in [9.17, 15) is 0 Å². The first kappa shape index (κ1) is 15.1. The Morgan fingerprint density at radius 2 is 2.26 bits per heavy atom. The summed E-state index contributed by atoms with van der Waals surface area (Å²) in [6.45, 7) is 4.63. The molecule has 1 N–H and O–H groups in total. The van der Waals surface area contributed by atoms with Crippen LogP contribution in [0, 0.1) is 5.92 Å². The minimum absolute atomic E-state index is 0.583. The second-order valence-electron chi connectivity index (χ2n) is 7.25. The molecule has 2 aliphatic rings. The predicted molar refractivity (Wildman–Crippen MR) is 92.5 cm³/mol. The summed E-state index contributed by atoms with van der Waals surface area (Å²) >= 11 is 0. The highest BCUT2D eigenvalue weighted by Crippen LogP contribution is 2.23. The molecule has 0 aliphatic carbocycles. The van der Waals surface area contributed by atoms with Crippen LogP contribution in [0.2, 0.25) is 0 Å².